The molecule has 0 aliphatic heterocycles. The van der Waals surface area contributed by atoms with Crippen LogP contribution in [0.15, 0.2) is 54.1 Å². The van der Waals surface area contributed by atoms with Gasteiger partial charge in [0.15, 0.2) is 0 Å². The number of hydrogen-bond donors (Lipinski definition) is 0. The van der Waals surface area contributed by atoms with Gasteiger partial charge >= 0.3 is 147 Å². The van der Waals surface area contributed by atoms with Crippen molar-refractivity contribution in [3.63, 3.8) is 0 Å². The molecule has 0 unspecified atom stereocenters. The van der Waals surface area contributed by atoms with E-state index in [-0.39, 0.29) is 12.2 Å². The summed E-state index contributed by atoms with van der Waals surface area (Å²) in [4.78, 5) is 11.6. The average Bonchev–Trinajstić information content (AvgIpc) is 2.56. The predicted molar refractivity (Wildman–Crippen MR) is 92.9 cm³/mol. The van der Waals surface area contributed by atoms with Gasteiger partial charge in [0, 0.05) is 0 Å². The van der Waals surface area contributed by atoms with E-state index in [1.807, 2.05) is 18.2 Å². The molecule has 0 aliphatic rings. The van der Waals surface area contributed by atoms with E-state index in [9.17, 15) is 4.79 Å². The number of carbonyl (C=O) groups excluding carboxylic acids is 1. The zero-order chi connectivity index (χ0) is 16.7. The van der Waals surface area contributed by atoms with Crippen LogP contribution in [0.1, 0.15) is 18.1 Å². The van der Waals surface area contributed by atoms with Gasteiger partial charge in [0.1, 0.15) is 0 Å². The van der Waals surface area contributed by atoms with Crippen LogP contribution >= 0.6 is 0 Å². The van der Waals surface area contributed by atoms with Crippen molar-refractivity contribution in [3.05, 3.63) is 65.2 Å². The molecule has 116 valence electrons. The van der Waals surface area contributed by atoms with Gasteiger partial charge in [-0.25, -0.2) is 0 Å². The summed E-state index contributed by atoms with van der Waals surface area (Å²) in [5.41, 5.74) is 2.12. The zero-order valence-electron chi connectivity index (χ0n) is 13.1. The van der Waals surface area contributed by atoms with Gasteiger partial charge in [-0.15, -0.1) is 0 Å². The molecule has 0 spiro atoms. The second-order valence-electron chi connectivity index (χ2n) is 4.87. The van der Waals surface area contributed by atoms with Gasteiger partial charge < -0.3 is 0 Å². The first-order chi connectivity index (χ1) is 11.1. The van der Waals surface area contributed by atoms with E-state index in [0.717, 1.165) is 5.56 Å². The van der Waals surface area contributed by atoms with E-state index in [2.05, 4.69) is 43.3 Å². The Morgan fingerprint density at radius 3 is 2.22 bits per heavy atom. The fourth-order valence-electron chi connectivity index (χ4n) is 1.89. The van der Waals surface area contributed by atoms with Gasteiger partial charge in [0.05, 0.1) is 0 Å². The minimum absolute atomic E-state index is 0.0228. The van der Waals surface area contributed by atoms with Crippen LogP contribution < -0.4 is 7.22 Å². The Kier molecular flexibility index (Phi) is 6.41. The van der Waals surface area contributed by atoms with Crippen molar-refractivity contribution < 1.29 is 9.53 Å². The summed E-state index contributed by atoms with van der Waals surface area (Å²) in [6.07, 6.45) is 1.56. The molecule has 0 bridgehead atoms. The van der Waals surface area contributed by atoms with Gasteiger partial charge in [0.2, 0.25) is 0 Å². The number of ether oxygens (including phenoxy) is 1. The van der Waals surface area contributed by atoms with Crippen LogP contribution in [0.2, 0.25) is 0 Å². The van der Waals surface area contributed by atoms with E-state index in [1.54, 1.807) is 13.0 Å². The monoisotopic (exact) mass is 421 g/mol. The van der Waals surface area contributed by atoms with Crippen molar-refractivity contribution >= 4 is 40.2 Å². The molecule has 4 heteroatoms. The first-order valence-corrected chi connectivity index (χ1v) is 9.59. The zero-order valence-corrected chi connectivity index (χ0v) is 15.4. The minimum atomic E-state index is -0.576. The molecule has 2 aromatic rings. The molecule has 0 radical (unpaired) electrons. The molecule has 0 aromatic heterocycles. The van der Waals surface area contributed by atoms with Gasteiger partial charge in [-0.1, -0.05) is 0 Å². The van der Waals surface area contributed by atoms with Crippen LogP contribution in [0.25, 0.3) is 6.08 Å². The number of benzene rings is 2. The first kappa shape index (κ1) is 17.3. The molecule has 0 saturated carbocycles. The van der Waals surface area contributed by atoms with Crippen molar-refractivity contribution in [3.8, 4) is 6.07 Å². The Bertz CT molecular complexity index is 740. The third-order valence-corrected chi connectivity index (χ3v) is 5.96. The average molecular weight is 419 g/mol. The van der Waals surface area contributed by atoms with Gasteiger partial charge in [0.25, 0.3) is 0 Å². The van der Waals surface area contributed by atoms with Crippen molar-refractivity contribution in [1.29, 1.82) is 5.26 Å². The van der Waals surface area contributed by atoms with Crippen molar-refractivity contribution in [2.75, 3.05) is 6.61 Å². The topological polar surface area (TPSA) is 50.1 Å². The Balaban J connectivity index is 2.11. The van der Waals surface area contributed by atoms with E-state index in [1.165, 1.54) is 12.8 Å². The van der Waals surface area contributed by atoms with Crippen LogP contribution in [-0.2, 0) is 9.53 Å². The van der Waals surface area contributed by atoms with Crippen LogP contribution in [0, 0.1) is 18.3 Å². The number of rotatable bonds is 5. The summed E-state index contributed by atoms with van der Waals surface area (Å²) in [6, 6.07) is 18.5. The summed E-state index contributed by atoms with van der Waals surface area (Å²) in [5.74, 6) is -0.576. The molecule has 0 heterocycles. The van der Waals surface area contributed by atoms with Crippen molar-refractivity contribution in [2.45, 2.75) is 13.8 Å². The Labute approximate surface area is 146 Å². The summed E-state index contributed by atoms with van der Waals surface area (Å²) in [5, 5.41) is 9.04. The SMILES string of the molecule is CCOC(=O)/C(C#N)=C\c1ccc([Te]c2ccc(C)cc2)cc1. The van der Waals surface area contributed by atoms with E-state index in [4.69, 9.17) is 10.00 Å². The standard InChI is InChI=1S/C19H17NO2Te/c1-3-22-19(21)16(13-20)12-15-6-10-18(11-7-15)23-17-8-4-14(2)5-9-17/h4-12H,3H2,1-2H3/b16-12-. The first-order valence-electron chi connectivity index (χ1n) is 7.26. The van der Waals surface area contributed by atoms with Crippen molar-refractivity contribution in [1.82, 2.24) is 0 Å². The number of nitriles is 1. The molecular formula is C19H17NO2Te. The van der Waals surface area contributed by atoms with E-state index >= 15 is 0 Å². The van der Waals surface area contributed by atoms with Crippen LogP contribution in [-0.4, -0.2) is 33.5 Å². The molecule has 2 rings (SSSR count). The van der Waals surface area contributed by atoms with Gasteiger partial charge in [-0.2, -0.15) is 0 Å². The quantitative estimate of drug-likeness (QED) is 0.323. The molecule has 0 saturated heterocycles. The summed E-state index contributed by atoms with van der Waals surface area (Å²) in [6.45, 7) is 4.07. The third kappa shape index (κ3) is 5.25. The third-order valence-electron chi connectivity index (χ3n) is 3.06. The summed E-state index contributed by atoms with van der Waals surface area (Å²) < 4.78 is 7.55. The van der Waals surface area contributed by atoms with E-state index < -0.39 is 26.9 Å². The number of nitrogens with zero attached hydrogens (tertiary/aromatic N) is 1. The summed E-state index contributed by atoms with van der Waals surface area (Å²) >= 11 is -0.413. The Morgan fingerprint density at radius 1 is 1.13 bits per heavy atom. The molecule has 0 atom stereocenters. The number of esters is 1. The maximum absolute atomic E-state index is 11.6. The number of hydrogen-bond acceptors (Lipinski definition) is 3. The van der Waals surface area contributed by atoms with Gasteiger partial charge in [-0.05, 0) is 0 Å². The van der Waals surface area contributed by atoms with Crippen LogP contribution in [0.3, 0.4) is 0 Å². The van der Waals surface area contributed by atoms with Crippen LogP contribution in [0.5, 0.6) is 0 Å². The molecule has 0 aliphatic carbocycles. The van der Waals surface area contributed by atoms with Crippen molar-refractivity contribution in [2.24, 2.45) is 0 Å². The van der Waals surface area contributed by atoms with E-state index in [0.29, 0.717) is 0 Å². The summed E-state index contributed by atoms with van der Waals surface area (Å²) in [7, 11) is 0. The second kappa shape index (κ2) is 8.53. The van der Waals surface area contributed by atoms with Crippen LogP contribution in [0.4, 0.5) is 0 Å². The fraction of sp³-hybridized carbons (Fsp3) is 0.158. The molecule has 2 aromatic carbocycles. The second-order valence-corrected chi connectivity index (χ2v) is 8.15. The molecule has 0 amide bonds. The molecule has 0 N–H and O–H groups in total. The predicted octanol–water partition coefficient (Wildman–Crippen LogP) is 2.12. The van der Waals surface area contributed by atoms with Gasteiger partial charge in [-0.3, -0.25) is 0 Å². The molecule has 0 fully saturated rings. The normalized spacial score (nSPS) is 10.9. The fourth-order valence-corrected chi connectivity index (χ4v) is 4.22. The Hall–Kier alpha value is -2.07. The maximum atomic E-state index is 11.6. The Morgan fingerprint density at radius 2 is 1.70 bits per heavy atom. The number of carbonyl (C=O) groups is 1. The number of aryl methyl sites for hydroxylation is 1. The molecular weight excluding hydrogens is 402 g/mol. The molecule has 3 nitrogen and oxygen atoms in total. The molecule has 23 heavy (non-hydrogen) atoms.